The summed E-state index contributed by atoms with van der Waals surface area (Å²) in [5, 5.41) is 1.12. The summed E-state index contributed by atoms with van der Waals surface area (Å²) in [4.78, 5) is 29.0. The first kappa shape index (κ1) is 15.4. The SMILES string of the molecule is NC(=O)C1CCN(Cc2cc3cc4c(cc3[nH]c2=O)CCC4)CC1. The summed E-state index contributed by atoms with van der Waals surface area (Å²) in [6, 6.07) is 6.41. The number of amides is 1. The van der Waals surface area contributed by atoms with Crippen molar-refractivity contribution in [1.29, 1.82) is 0 Å². The van der Waals surface area contributed by atoms with E-state index in [0.29, 0.717) is 6.54 Å². The molecule has 2 aliphatic rings. The fourth-order valence-corrected chi connectivity index (χ4v) is 4.06. The van der Waals surface area contributed by atoms with E-state index in [0.717, 1.165) is 55.2 Å². The lowest BCUT2D eigenvalue weighted by Crippen LogP contribution is -2.39. The molecule has 3 N–H and O–H groups in total. The molecule has 0 atom stereocenters. The smallest absolute Gasteiger partial charge is 0.252 e. The maximum atomic E-state index is 12.4. The molecule has 1 aliphatic heterocycles. The number of hydrogen-bond donors (Lipinski definition) is 2. The maximum Gasteiger partial charge on any atom is 0.252 e. The minimum atomic E-state index is -0.202. The van der Waals surface area contributed by atoms with E-state index in [2.05, 4.69) is 22.0 Å². The van der Waals surface area contributed by atoms with Crippen LogP contribution in [0.1, 0.15) is 36.0 Å². The molecule has 0 radical (unpaired) electrons. The first-order chi connectivity index (χ1) is 11.6. The molecular formula is C19H23N3O2. The molecule has 1 amide bonds. The zero-order valence-corrected chi connectivity index (χ0v) is 13.8. The number of primary amides is 1. The Labute approximate surface area is 140 Å². The average molecular weight is 325 g/mol. The Bertz CT molecular complexity index is 848. The molecule has 24 heavy (non-hydrogen) atoms. The standard InChI is InChI=1S/C19H23N3O2/c20-18(23)12-4-6-22(7-5-12)11-16-9-15-8-13-2-1-3-14(13)10-17(15)21-19(16)24/h8-10,12H,1-7,11H2,(H2,20,23)(H,21,24). The lowest BCUT2D eigenvalue weighted by Gasteiger charge is -2.30. The minimum Gasteiger partial charge on any atom is -0.369 e. The van der Waals surface area contributed by atoms with Crippen molar-refractivity contribution < 1.29 is 4.79 Å². The van der Waals surface area contributed by atoms with Crippen LogP contribution in [0.15, 0.2) is 23.0 Å². The third kappa shape index (κ3) is 2.84. The van der Waals surface area contributed by atoms with Crippen molar-refractivity contribution in [3.8, 4) is 0 Å². The second-order valence-corrected chi connectivity index (χ2v) is 7.14. The molecule has 0 bridgehead atoms. The first-order valence-corrected chi connectivity index (χ1v) is 8.79. The third-order valence-corrected chi connectivity index (χ3v) is 5.52. The monoisotopic (exact) mass is 325 g/mol. The van der Waals surface area contributed by atoms with Crippen molar-refractivity contribution in [2.75, 3.05) is 13.1 Å². The zero-order valence-electron chi connectivity index (χ0n) is 13.8. The number of piperidine rings is 1. The van der Waals surface area contributed by atoms with E-state index >= 15 is 0 Å². The topological polar surface area (TPSA) is 79.2 Å². The molecule has 1 saturated heterocycles. The fraction of sp³-hybridized carbons (Fsp3) is 0.474. The highest BCUT2D eigenvalue weighted by Gasteiger charge is 2.23. The molecule has 1 aromatic carbocycles. The summed E-state index contributed by atoms with van der Waals surface area (Å²) >= 11 is 0. The summed E-state index contributed by atoms with van der Waals surface area (Å²) in [5.74, 6) is -0.217. The predicted octanol–water partition coefficient (Wildman–Crippen LogP) is 1.71. The van der Waals surface area contributed by atoms with Crippen LogP contribution in [0, 0.1) is 5.92 Å². The quantitative estimate of drug-likeness (QED) is 0.902. The van der Waals surface area contributed by atoms with Crippen molar-refractivity contribution in [2.45, 2.75) is 38.6 Å². The normalized spacial score (nSPS) is 18.8. The van der Waals surface area contributed by atoms with Gasteiger partial charge in [0.1, 0.15) is 0 Å². The molecular weight excluding hydrogens is 302 g/mol. The van der Waals surface area contributed by atoms with Crippen LogP contribution in [0.2, 0.25) is 0 Å². The summed E-state index contributed by atoms with van der Waals surface area (Å²) in [7, 11) is 0. The highest BCUT2D eigenvalue weighted by atomic mass is 16.1. The predicted molar refractivity (Wildman–Crippen MR) is 93.8 cm³/mol. The number of aromatic nitrogens is 1. The number of fused-ring (bicyclic) bond motifs is 2. The van der Waals surface area contributed by atoms with E-state index in [-0.39, 0.29) is 17.4 Å². The van der Waals surface area contributed by atoms with Gasteiger partial charge in [-0.3, -0.25) is 14.5 Å². The van der Waals surface area contributed by atoms with E-state index in [9.17, 15) is 9.59 Å². The number of H-pyrrole nitrogens is 1. The van der Waals surface area contributed by atoms with Gasteiger partial charge >= 0.3 is 0 Å². The molecule has 4 rings (SSSR count). The molecule has 126 valence electrons. The number of nitrogens with zero attached hydrogens (tertiary/aromatic N) is 1. The highest BCUT2D eigenvalue weighted by molar-refractivity contribution is 5.81. The number of hydrogen-bond acceptors (Lipinski definition) is 3. The van der Waals surface area contributed by atoms with Gasteiger partial charge in [-0.1, -0.05) is 0 Å². The van der Waals surface area contributed by atoms with Crippen LogP contribution >= 0.6 is 0 Å². The Kier molecular flexibility index (Phi) is 3.88. The number of carbonyl (C=O) groups is 1. The Morgan fingerprint density at radius 1 is 1.17 bits per heavy atom. The van der Waals surface area contributed by atoms with Crippen molar-refractivity contribution in [3.05, 3.63) is 45.2 Å². The number of benzene rings is 1. The van der Waals surface area contributed by atoms with Crippen LogP contribution in [-0.4, -0.2) is 28.9 Å². The van der Waals surface area contributed by atoms with Gasteiger partial charge in [-0.05, 0) is 79.9 Å². The third-order valence-electron chi connectivity index (χ3n) is 5.52. The van der Waals surface area contributed by atoms with Crippen molar-refractivity contribution in [3.63, 3.8) is 0 Å². The van der Waals surface area contributed by atoms with Gasteiger partial charge in [0.05, 0.1) is 0 Å². The van der Waals surface area contributed by atoms with Crippen molar-refractivity contribution >= 4 is 16.8 Å². The van der Waals surface area contributed by atoms with Gasteiger partial charge in [-0.2, -0.15) is 0 Å². The Morgan fingerprint density at radius 3 is 2.58 bits per heavy atom. The van der Waals surface area contributed by atoms with Gasteiger partial charge in [0.15, 0.2) is 0 Å². The maximum absolute atomic E-state index is 12.4. The van der Waals surface area contributed by atoms with Crippen LogP contribution in [0.4, 0.5) is 0 Å². The molecule has 2 heterocycles. The largest absolute Gasteiger partial charge is 0.369 e. The molecule has 1 aromatic heterocycles. The van der Waals surface area contributed by atoms with Crippen molar-refractivity contribution in [2.24, 2.45) is 11.7 Å². The van der Waals surface area contributed by atoms with Crippen LogP contribution in [0.5, 0.6) is 0 Å². The zero-order chi connectivity index (χ0) is 16.7. The lowest BCUT2D eigenvalue weighted by atomic mass is 9.96. The summed E-state index contributed by atoms with van der Waals surface area (Å²) < 4.78 is 0. The number of nitrogens with one attached hydrogen (secondary N) is 1. The number of nitrogens with two attached hydrogens (primary N) is 1. The average Bonchev–Trinajstić information content (AvgIpc) is 3.01. The second kappa shape index (κ2) is 6.06. The molecule has 2 aromatic rings. The van der Waals surface area contributed by atoms with Gasteiger partial charge in [-0.15, -0.1) is 0 Å². The minimum absolute atomic E-state index is 0.00234. The van der Waals surface area contributed by atoms with Crippen LogP contribution in [0.3, 0.4) is 0 Å². The number of aryl methyl sites for hydroxylation is 2. The summed E-state index contributed by atoms with van der Waals surface area (Å²) in [6.45, 7) is 2.26. The van der Waals surface area contributed by atoms with E-state index in [1.165, 1.54) is 17.5 Å². The number of aromatic amines is 1. The summed E-state index contributed by atoms with van der Waals surface area (Å²) in [6.07, 6.45) is 5.03. The van der Waals surface area contributed by atoms with Crippen LogP contribution in [0.25, 0.3) is 10.9 Å². The van der Waals surface area contributed by atoms with Crippen LogP contribution < -0.4 is 11.3 Å². The lowest BCUT2D eigenvalue weighted by molar-refractivity contribution is -0.123. The van der Waals surface area contributed by atoms with Gasteiger partial charge in [0, 0.05) is 23.5 Å². The Morgan fingerprint density at radius 2 is 1.88 bits per heavy atom. The molecule has 5 nitrogen and oxygen atoms in total. The molecule has 1 fully saturated rings. The number of likely N-dealkylation sites (tertiary alicyclic amines) is 1. The first-order valence-electron chi connectivity index (χ1n) is 8.79. The van der Waals surface area contributed by atoms with E-state index in [1.54, 1.807) is 0 Å². The van der Waals surface area contributed by atoms with Crippen LogP contribution in [-0.2, 0) is 24.2 Å². The highest BCUT2D eigenvalue weighted by Crippen LogP contribution is 2.26. The van der Waals surface area contributed by atoms with E-state index in [1.807, 2.05) is 6.07 Å². The summed E-state index contributed by atoms with van der Waals surface area (Å²) in [5.41, 5.74) is 9.92. The molecule has 0 unspecified atom stereocenters. The molecule has 1 aliphatic carbocycles. The number of pyridine rings is 1. The van der Waals surface area contributed by atoms with E-state index < -0.39 is 0 Å². The van der Waals surface area contributed by atoms with Gasteiger partial charge in [-0.25, -0.2) is 0 Å². The van der Waals surface area contributed by atoms with E-state index in [4.69, 9.17) is 5.73 Å². The van der Waals surface area contributed by atoms with Crippen molar-refractivity contribution in [1.82, 2.24) is 9.88 Å². The molecule has 5 heteroatoms. The number of carbonyl (C=O) groups excluding carboxylic acids is 1. The fourth-order valence-electron chi connectivity index (χ4n) is 4.06. The Hall–Kier alpha value is -2.14. The van der Waals surface area contributed by atoms with Gasteiger partial charge in [0.25, 0.3) is 5.56 Å². The molecule has 0 saturated carbocycles. The second-order valence-electron chi connectivity index (χ2n) is 7.14. The van der Waals surface area contributed by atoms with Gasteiger partial charge < -0.3 is 10.7 Å². The molecule has 0 spiro atoms. The Balaban J connectivity index is 1.56. The van der Waals surface area contributed by atoms with Gasteiger partial charge in [0.2, 0.25) is 5.91 Å². The number of rotatable bonds is 3.